The standard InChI is InChI=1S/C20H23N3O/c24-15-4-8-20(18-6-2-1-3-7-18)21-16-17-9-11-19(12-10-17)23-14-5-13-22-23/h1-3,5-7,9-14,20-21,24H,4,8,15-16H2. The van der Waals surface area contributed by atoms with Crippen molar-refractivity contribution in [1.82, 2.24) is 15.1 Å². The van der Waals surface area contributed by atoms with Crippen molar-refractivity contribution >= 4 is 0 Å². The van der Waals surface area contributed by atoms with Gasteiger partial charge in [0.25, 0.3) is 0 Å². The molecule has 0 bridgehead atoms. The summed E-state index contributed by atoms with van der Waals surface area (Å²) in [6, 6.07) is 21.0. The van der Waals surface area contributed by atoms with Crippen LogP contribution in [-0.4, -0.2) is 21.5 Å². The van der Waals surface area contributed by atoms with Crippen molar-refractivity contribution in [2.24, 2.45) is 0 Å². The molecule has 1 atom stereocenters. The zero-order chi connectivity index (χ0) is 16.6. The molecule has 2 N–H and O–H groups in total. The lowest BCUT2D eigenvalue weighted by atomic mass is 10.0. The maximum absolute atomic E-state index is 9.13. The van der Waals surface area contributed by atoms with Gasteiger partial charge in [0.1, 0.15) is 0 Å². The molecule has 0 aliphatic heterocycles. The Labute approximate surface area is 142 Å². The van der Waals surface area contributed by atoms with Crippen LogP contribution in [0, 0.1) is 0 Å². The molecule has 1 heterocycles. The highest BCUT2D eigenvalue weighted by Gasteiger charge is 2.10. The van der Waals surface area contributed by atoms with Gasteiger partial charge in [0.05, 0.1) is 5.69 Å². The van der Waals surface area contributed by atoms with E-state index in [0.29, 0.717) is 0 Å². The Morgan fingerprint density at radius 3 is 2.46 bits per heavy atom. The van der Waals surface area contributed by atoms with Gasteiger partial charge in [-0.2, -0.15) is 5.10 Å². The van der Waals surface area contributed by atoms with Crippen molar-refractivity contribution in [1.29, 1.82) is 0 Å². The highest BCUT2D eigenvalue weighted by Crippen LogP contribution is 2.19. The largest absolute Gasteiger partial charge is 0.396 e. The maximum atomic E-state index is 9.13. The van der Waals surface area contributed by atoms with E-state index in [2.05, 4.69) is 58.9 Å². The van der Waals surface area contributed by atoms with E-state index in [1.807, 2.05) is 23.0 Å². The zero-order valence-electron chi connectivity index (χ0n) is 13.7. The minimum Gasteiger partial charge on any atom is -0.396 e. The predicted octanol–water partition coefficient (Wildman–Crippen LogP) is 3.48. The topological polar surface area (TPSA) is 50.1 Å². The number of rotatable bonds is 8. The highest BCUT2D eigenvalue weighted by atomic mass is 16.2. The number of aliphatic hydroxyl groups excluding tert-OH is 1. The Balaban J connectivity index is 1.63. The summed E-state index contributed by atoms with van der Waals surface area (Å²) in [5.41, 5.74) is 3.55. The molecule has 24 heavy (non-hydrogen) atoms. The van der Waals surface area contributed by atoms with Gasteiger partial charge in [-0.15, -0.1) is 0 Å². The van der Waals surface area contributed by atoms with E-state index in [1.165, 1.54) is 11.1 Å². The third kappa shape index (κ3) is 4.31. The van der Waals surface area contributed by atoms with Crippen LogP contribution in [-0.2, 0) is 6.54 Å². The molecule has 3 aromatic rings. The second kappa shape index (κ2) is 8.43. The first kappa shape index (κ1) is 16.4. The van der Waals surface area contributed by atoms with E-state index in [1.54, 1.807) is 6.20 Å². The van der Waals surface area contributed by atoms with Crippen molar-refractivity contribution in [2.75, 3.05) is 6.61 Å². The van der Waals surface area contributed by atoms with Crippen LogP contribution in [0.1, 0.15) is 30.0 Å². The molecule has 1 unspecified atom stereocenters. The molecule has 124 valence electrons. The number of hydrogen-bond acceptors (Lipinski definition) is 3. The average molecular weight is 321 g/mol. The molecule has 4 heteroatoms. The molecule has 0 saturated heterocycles. The number of aliphatic hydroxyl groups is 1. The third-order valence-corrected chi connectivity index (χ3v) is 4.11. The summed E-state index contributed by atoms with van der Waals surface area (Å²) in [5.74, 6) is 0. The van der Waals surface area contributed by atoms with Crippen molar-refractivity contribution in [2.45, 2.75) is 25.4 Å². The van der Waals surface area contributed by atoms with Crippen molar-refractivity contribution < 1.29 is 5.11 Å². The number of benzene rings is 2. The summed E-state index contributed by atoms with van der Waals surface area (Å²) in [4.78, 5) is 0. The Morgan fingerprint density at radius 2 is 1.79 bits per heavy atom. The van der Waals surface area contributed by atoms with Crippen LogP contribution >= 0.6 is 0 Å². The second-order valence-electron chi connectivity index (χ2n) is 5.83. The molecule has 0 spiro atoms. The number of nitrogens with one attached hydrogen (secondary N) is 1. The van der Waals surface area contributed by atoms with Crippen LogP contribution in [0.2, 0.25) is 0 Å². The van der Waals surface area contributed by atoms with Gasteiger partial charge in [-0.1, -0.05) is 42.5 Å². The lowest BCUT2D eigenvalue weighted by molar-refractivity contribution is 0.275. The van der Waals surface area contributed by atoms with Gasteiger partial charge in [0.15, 0.2) is 0 Å². The molecular formula is C20H23N3O. The normalized spacial score (nSPS) is 12.2. The fraction of sp³-hybridized carbons (Fsp3) is 0.250. The quantitative estimate of drug-likeness (QED) is 0.668. The molecular weight excluding hydrogens is 298 g/mol. The van der Waals surface area contributed by atoms with Crippen LogP contribution in [0.3, 0.4) is 0 Å². The van der Waals surface area contributed by atoms with Crippen molar-refractivity contribution in [3.63, 3.8) is 0 Å². The highest BCUT2D eigenvalue weighted by molar-refractivity contribution is 5.33. The molecule has 3 rings (SSSR count). The van der Waals surface area contributed by atoms with Gasteiger partial charge in [0, 0.05) is 31.6 Å². The molecule has 0 aliphatic rings. The van der Waals surface area contributed by atoms with Crippen LogP contribution in [0.15, 0.2) is 73.1 Å². The van der Waals surface area contributed by atoms with E-state index in [4.69, 9.17) is 5.11 Å². The summed E-state index contributed by atoms with van der Waals surface area (Å²) in [7, 11) is 0. The average Bonchev–Trinajstić information content (AvgIpc) is 3.18. The van der Waals surface area contributed by atoms with E-state index < -0.39 is 0 Å². The third-order valence-electron chi connectivity index (χ3n) is 4.11. The van der Waals surface area contributed by atoms with E-state index >= 15 is 0 Å². The number of hydrogen-bond donors (Lipinski definition) is 2. The van der Waals surface area contributed by atoms with E-state index in [0.717, 1.165) is 25.1 Å². The first-order valence-corrected chi connectivity index (χ1v) is 8.35. The summed E-state index contributed by atoms with van der Waals surface area (Å²) >= 11 is 0. The Morgan fingerprint density at radius 1 is 1.00 bits per heavy atom. The first-order chi connectivity index (χ1) is 11.9. The van der Waals surface area contributed by atoms with Crippen LogP contribution < -0.4 is 5.32 Å². The predicted molar refractivity (Wildman–Crippen MR) is 95.9 cm³/mol. The maximum Gasteiger partial charge on any atom is 0.0645 e. The lowest BCUT2D eigenvalue weighted by Gasteiger charge is -2.19. The second-order valence-corrected chi connectivity index (χ2v) is 5.83. The fourth-order valence-electron chi connectivity index (χ4n) is 2.80. The molecule has 0 amide bonds. The lowest BCUT2D eigenvalue weighted by Crippen LogP contribution is -2.21. The minimum atomic E-state index is 0.226. The molecule has 1 aromatic heterocycles. The monoisotopic (exact) mass is 321 g/mol. The van der Waals surface area contributed by atoms with Gasteiger partial charge >= 0.3 is 0 Å². The number of nitrogens with zero attached hydrogens (tertiary/aromatic N) is 2. The molecule has 0 fully saturated rings. The van der Waals surface area contributed by atoms with Gasteiger partial charge < -0.3 is 10.4 Å². The van der Waals surface area contributed by atoms with E-state index in [9.17, 15) is 0 Å². The molecule has 0 saturated carbocycles. The summed E-state index contributed by atoms with van der Waals surface area (Å²) in [6.45, 7) is 1.02. The summed E-state index contributed by atoms with van der Waals surface area (Å²) < 4.78 is 1.85. The van der Waals surface area contributed by atoms with Crippen LogP contribution in [0.4, 0.5) is 0 Å². The van der Waals surface area contributed by atoms with Crippen LogP contribution in [0.5, 0.6) is 0 Å². The van der Waals surface area contributed by atoms with Crippen molar-refractivity contribution in [3.8, 4) is 5.69 Å². The SMILES string of the molecule is OCCCC(NCc1ccc(-n2cccn2)cc1)c1ccccc1. The first-order valence-electron chi connectivity index (χ1n) is 8.35. The number of aromatic nitrogens is 2. The van der Waals surface area contributed by atoms with Gasteiger partial charge in [-0.05, 0) is 42.2 Å². The Kier molecular flexibility index (Phi) is 5.77. The van der Waals surface area contributed by atoms with Crippen molar-refractivity contribution in [3.05, 3.63) is 84.2 Å². The van der Waals surface area contributed by atoms with Gasteiger partial charge in [-0.3, -0.25) is 0 Å². The Hall–Kier alpha value is -2.43. The fourth-order valence-corrected chi connectivity index (χ4v) is 2.80. The molecule has 4 nitrogen and oxygen atoms in total. The summed E-state index contributed by atoms with van der Waals surface area (Å²) in [5, 5.41) is 17.0. The minimum absolute atomic E-state index is 0.226. The zero-order valence-corrected chi connectivity index (χ0v) is 13.7. The smallest absolute Gasteiger partial charge is 0.0645 e. The van der Waals surface area contributed by atoms with Gasteiger partial charge in [-0.25, -0.2) is 4.68 Å². The molecule has 0 radical (unpaired) electrons. The van der Waals surface area contributed by atoms with E-state index in [-0.39, 0.29) is 12.6 Å². The molecule has 0 aliphatic carbocycles. The Bertz CT molecular complexity index is 708. The van der Waals surface area contributed by atoms with Crippen LogP contribution in [0.25, 0.3) is 5.69 Å². The van der Waals surface area contributed by atoms with Gasteiger partial charge in [0.2, 0.25) is 0 Å². The molecule has 2 aromatic carbocycles. The summed E-state index contributed by atoms with van der Waals surface area (Å²) in [6.07, 6.45) is 5.44.